The van der Waals surface area contributed by atoms with Gasteiger partial charge in [0.25, 0.3) is 0 Å². The van der Waals surface area contributed by atoms with Crippen LogP contribution < -0.4 is 0 Å². The maximum Gasteiger partial charge on any atom is 0.308 e. The maximum absolute atomic E-state index is 12.5. The van der Waals surface area contributed by atoms with Gasteiger partial charge in [-0.2, -0.15) is 0 Å². The average Bonchev–Trinajstić information content (AvgIpc) is 2.80. The largest absolute Gasteiger partial charge is 0.462 e. The summed E-state index contributed by atoms with van der Waals surface area (Å²) in [6, 6.07) is 0. The van der Waals surface area contributed by atoms with E-state index in [0.717, 1.165) is 0 Å². The molecule has 0 spiro atoms. The molecule has 0 aliphatic heterocycles. The van der Waals surface area contributed by atoms with Crippen molar-refractivity contribution in [2.24, 2.45) is 0 Å². The summed E-state index contributed by atoms with van der Waals surface area (Å²) in [4.78, 5) is 61.4. The fourth-order valence-corrected chi connectivity index (χ4v) is 3.28. The Balaban J connectivity index is 6.44. The molecular weight excluding hydrogens is 568 g/mol. The Bertz CT molecular complexity index is 853. The van der Waals surface area contributed by atoms with Gasteiger partial charge in [-0.3, -0.25) is 24.0 Å². The second-order valence-electron chi connectivity index (χ2n) is 10.1. The van der Waals surface area contributed by atoms with Crippen LogP contribution in [0, 0.1) is 0 Å². The molecule has 0 saturated heterocycles. The lowest BCUT2D eigenvalue weighted by Gasteiger charge is -2.33. The van der Waals surface area contributed by atoms with Crippen molar-refractivity contribution in [2.45, 2.75) is 122 Å². The molecule has 16 nitrogen and oxygen atoms in total. The molecule has 6 N–H and O–H groups in total. The summed E-state index contributed by atoms with van der Waals surface area (Å²) in [5, 5.41) is 58.8. The first-order valence-electron chi connectivity index (χ1n) is 13.4. The van der Waals surface area contributed by atoms with E-state index >= 15 is 0 Å². The zero-order valence-corrected chi connectivity index (χ0v) is 24.4. The van der Waals surface area contributed by atoms with Crippen molar-refractivity contribution in [1.82, 2.24) is 0 Å². The van der Waals surface area contributed by atoms with Crippen LogP contribution in [0.3, 0.4) is 0 Å². The van der Waals surface area contributed by atoms with Crippen molar-refractivity contribution in [3.05, 3.63) is 0 Å². The highest BCUT2D eigenvalue weighted by Gasteiger charge is 2.42. The van der Waals surface area contributed by atoms with Gasteiger partial charge in [0.05, 0.1) is 62.6 Å². The van der Waals surface area contributed by atoms with Crippen molar-refractivity contribution >= 4 is 29.8 Å². The van der Waals surface area contributed by atoms with Crippen LogP contribution in [0.25, 0.3) is 0 Å². The van der Waals surface area contributed by atoms with Crippen LogP contribution in [-0.2, 0) is 47.7 Å². The highest BCUT2D eigenvalue weighted by Crippen LogP contribution is 2.20. The van der Waals surface area contributed by atoms with Gasteiger partial charge in [0, 0.05) is 0 Å². The van der Waals surface area contributed by atoms with E-state index in [0.29, 0.717) is 0 Å². The van der Waals surface area contributed by atoms with Gasteiger partial charge in [-0.25, -0.2) is 0 Å². The average molecular weight is 613 g/mol. The van der Waals surface area contributed by atoms with Gasteiger partial charge in [-0.1, -0.05) is 0 Å². The van der Waals surface area contributed by atoms with Crippen LogP contribution in [0.5, 0.6) is 0 Å². The molecule has 0 heterocycles. The van der Waals surface area contributed by atoms with Crippen LogP contribution in [0.15, 0.2) is 0 Å². The summed E-state index contributed by atoms with van der Waals surface area (Å²) in [5.41, 5.74) is 0. The predicted octanol–water partition coefficient (Wildman–Crippen LogP) is -1.98. The molecule has 0 aromatic heterocycles. The standard InChI is InChI=1S/C26H44O16/c1-13(27)6-20(32)38-11-18(40-22(34)8-15(3)29)25(37)26(42-24(36)10-17(5)31)19(41-23(35)9-16(4)30)12-39-21(33)7-14(2)28/h13-19,25-31,37H,6-12H2,1-5H3/t13?,14?,15?,16?,17?,18-,19+,25-,26-/m1/s1. The van der Waals surface area contributed by atoms with Gasteiger partial charge < -0.3 is 54.3 Å². The van der Waals surface area contributed by atoms with Crippen LogP contribution in [-0.4, -0.2) is 129 Å². The monoisotopic (exact) mass is 612 g/mol. The van der Waals surface area contributed by atoms with Crippen LogP contribution >= 0.6 is 0 Å². The minimum Gasteiger partial charge on any atom is -0.462 e. The summed E-state index contributed by atoms with van der Waals surface area (Å²) in [6.07, 6.45) is -16.1. The number of carbonyl (C=O) groups excluding carboxylic acids is 5. The molecule has 5 unspecified atom stereocenters. The Kier molecular flexibility index (Phi) is 18.7. The van der Waals surface area contributed by atoms with Crippen molar-refractivity contribution in [1.29, 1.82) is 0 Å². The van der Waals surface area contributed by atoms with Gasteiger partial charge in [-0.05, 0) is 34.6 Å². The minimum absolute atomic E-state index is 0.462. The molecular formula is C26H44O16. The van der Waals surface area contributed by atoms with Gasteiger partial charge in [0.15, 0.2) is 18.3 Å². The third-order valence-electron chi connectivity index (χ3n) is 5.04. The van der Waals surface area contributed by atoms with Crippen molar-refractivity contribution in [2.75, 3.05) is 13.2 Å². The van der Waals surface area contributed by atoms with Crippen molar-refractivity contribution in [3.63, 3.8) is 0 Å². The fourth-order valence-electron chi connectivity index (χ4n) is 3.28. The molecule has 0 radical (unpaired) electrons. The van der Waals surface area contributed by atoms with Gasteiger partial charge in [0.2, 0.25) is 0 Å². The molecule has 0 aromatic carbocycles. The quantitative estimate of drug-likeness (QED) is 0.0643. The number of hydrogen-bond acceptors (Lipinski definition) is 16. The summed E-state index contributed by atoms with van der Waals surface area (Å²) in [7, 11) is 0. The van der Waals surface area contributed by atoms with Crippen LogP contribution in [0.1, 0.15) is 66.7 Å². The van der Waals surface area contributed by atoms with E-state index in [1.54, 1.807) is 0 Å². The zero-order chi connectivity index (χ0) is 32.6. The normalized spacial score (nSPS) is 17.7. The lowest BCUT2D eigenvalue weighted by atomic mass is 10.0. The molecule has 0 bridgehead atoms. The molecule has 0 amide bonds. The lowest BCUT2D eigenvalue weighted by Crippen LogP contribution is -2.53. The second kappa shape index (κ2) is 20.1. The van der Waals surface area contributed by atoms with E-state index < -0.39 is 130 Å². The second-order valence-corrected chi connectivity index (χ2v) is 10.1. The summed E-state index contributed by atoms with van der Waals surface area (Å²) >= 11 is 0. The first kappa shape index (κ1) is 39.1. The van der Waals surface area contributed by atoms with E-state index in [2.05, 4.69) is 0 Å². The predicted molar refractivity (Wildman–Crippen MR) is 139 cm³/mol. The Hall–Kier alpha value is -2.89. The van der Waals surface area contributed by atoms with Crippen molar-refractivity contribution < 1.29 is 78.3 Å². The molecule has 244 valence electrons. The number of aliphatic hydroxyl groups excluding tert-OH is 6. The summed E-state index contributed by atoms with van der Waals surface area (Å²) in [6.45, 7) is 4.71. The number of hydrogen-bond donors (Lipinski definition) is 6. The van der Waals surface area contributed by atoms with Gasteiger partial charge in [-0.15, -0.1) is 0 Å². The minimum atomic E-state index is -2.14. The molecule has 0 saturated carbocycles. The number of rotatable bonds is 20. The van der Waals surface area contributed by atoms with E-state index in [1.165, 1.54) is 34.6 Å². The first-order valence-corrected chi connectivity index (χ1v) is 13.4. The topological polar surface area (TPSA) is 253 Å². The summed E-state index contributed by atoms with van der Waals surface area (Å²) in [5.74, 6) is -5.18. The molecule has 0 aliphatic carbocycles. The molecule has 9 atom stereocenters. The molecule has 16 heteroatoms. The van der Waals surface area contributed by atoms with Crippen LogP contribution in [0.4, 0.5) is 0 Å². The Morgan fingerprint density at radius 1 is 0.452 bits per heavy atom. The van der Waals surface area contributed by atoms with Crippen molar-refractivity contribution in [3.8, 4) is 0 Å². The molecule has 0 fully saturated rings. The Morgan fingerprint density at radius 3 is 1.10 bits per heavy atom. The zero-order valence-electron chi connectivity index (χ0n) is 24.4. The van der Waals surface area contributed by atoms with E-state index in [-0.39, 0.29) is 0 Å². The smallest absolute Gasteiger partial charge is 0.308 e. The molecule has 0 rings (SSSR count). The molecule has 42 heavy (non-hydrogen) atoms. The number of ether oxygens (including phenoxy) is 5. The fraction of sp³-hybridized carbons (Fsp3) is 0.808. The summed E-state index contributed by atoms with van der Waals surface area (Å²) < 4.78 is 25.7. The van der Waals surface area contributed by atoms with Crippen LogP contribution in [0.2, 0.25) is 0 Å². The van der Waals surface area contributed by atoms with Gasteiger partial charge in [0.1, 0.15) is 19.3 Å². The lowest BCUT2D eigenvalue weighted by molar-refractivity contribution is -0.202. The molecule has 0 aromatic rings. The third-order valence-corrected chi connectivity index (χ3v) is 5.04. The highest BCUT2D eigenvalue weighted by molar-refractivity contribution is 5.72. The van der Waals surface area contributed by atoms with E-state index in [4.69, 9.17) is 23.7 Å². The van der Waals surface area contributed by atoms with Gasteiger partial charge >= 0.3 is 29.8 Å². The molecule has 0 aliphatic rings. The first-order chi connectivity index (χ1) is 19.4. The number of esters is 5. The Labute approximate surface area is 243 Å². The third kappa shape index (κ3) is 18.5. The Morgan fingerprint density at radius 2 is 0.738 bits per heavy atom. The number of aliphatic hydroxyl groups is 6. The highest BCUT2D eigenvalue weighted by atomic mass is 16.6. The SMILES string of the molecule is CC(O)CC(=O)OC[C@H](OC(=O)CC(C)O)[C@@H](OC(=O)CC(C)O)[C@H](O)[C@@H](COC(=O)CC(C)O)OC(=O)CC(C)O. The number of carbonyl (C=O) groups is 5. The maximum atomic E-state index is 12.5. The van der Waals surface area contributed by atoms with E-state index in [1.807, 2.05) is 0 Å². The van der Waals surface area contributed by atoms with E-state index in [9.17, 15) is 54.6 Å².